The summed E-state index contributed by atoms with van der Waals surface area (Å²) in [6, 6.07) is 23.7. The lowest BCUT2D eigenvalue weighted by molar-refractivity contribution is -0.136. The highest BCUT2D eigenvalue weighted by atomic mass is 16.6. The summed E-state index contributed by atoms with van der Waals surface area (Å²) in [6.45, 7) is 11.9. The van der Waals surface area contributed by atoms with E-state index in [-0.39, 0.29) is 24.7 Å². The SMILES string of the molecule is C=C(C)C.Cc1cc(O)ccc1N.Cc1cc(O)ccc1N.Nc1ccc(OCC(COc2ccc(N)cc2)OC=O)cc1. The van der Waals surface area contributed by atoms with Gasteiger partial charge in [-0.2, -0.15) is 0 Å². The van der Waals surface area contributed by atoms with Gasteiger partial charge in [-0.05, 0) is 124 Å². The molecule has 0 aliphatic rings. The van der Waals surface area contributed by atoms with Crippen LogP contribution in [0.3, 0.4) is 0 Å². The Balaban J connectivity index is 0.000000360. The Kier molecular flexibility index (Phi) is 16.3. The number of phenols is 2. The maximum atomic E-state index is 10.6. The number of phenolic OH excluding ortho intramolecular Hbond substituents is 2. The first-order valence-corrected chi connectivity index (χ1v) is 13.6. The number of nitrogens with two attached hydrogens (primary N) is 4. The quantitative estimate of drug-likeness (QED) is 0.0602. The van der Waals surface area contributed by atoms with Crippen molar-refractivity contribution in [1.82, 2.24) is 0 Å². The molecule has 0 heterocycles. The molecule has 0 aromatic heterocycles. The number of ether oxygens (including phenoxy) is 3. The Morgan fingerprint density at radius 2 is 1.05 bits per heavy atom. The van der Waals surface area contributed by atoms with E-state index in [1.54, 1.807) is 84.9 Å². The smallest absolute Gasteiger partial charge is 0.293 e. The predicted molar refractivity (Wildman–Crippen MR) is 179 cm³/mol. The van der Waals surface area contributed by atoms with Crippen molar-refractivity contribution >= 4 is 29.2 Å². The van der Waals surface area contributed by atoms with Gasteiger partial charge < -0.3 is 47.4 Å². The summed E-state index contributed by atoms with van der Waals surface area (Å²) in [5.41, 5.74) is 27.9. The van der Waals surface area contributed by atoms with Crippen molar-refractivity contribution in [3.8, 4) is 23.0 Å². The summed E-state index contributed by atoms with van der Waals surface area (Å²) in [5.74, 6) is 1.81. The molecule has 0 unspecified atom stereocenters. The zero-order valence-electron chi connectivity index (χ0n) is 25.7. The number of aromatic hydroxyl groups is 2. The standard InChI is InChI=1S/C16H18N2O4.2C7H9NO.C4H8/c17-12-1-5-14(6-2-12)20-9-16(22-11-19)10-21-15-7-3-13(18)4-8-15;2*1-5-4-6(9)2-3-7(5)8;1-4(2)3/h1-8,11,16H,9-10,17-18H2;2*2-4,9H,8H2,1H3;1H2,2-3H3. The average molecular weight is 605 g/mol. The van der Waals surface area contributed by atoms with Crippen LogP contribution in [0.5, 0.6) is 23.0 Å². The van der Waals surface area contributed by atoms with Crippen LogP contribution in [0.1, 0.15) is 25.0 Å². The number of benzene rings is 4. The molecule has 0 saturated carbocycles. The number of nitrogen functional groups attached to an aromatic ring is 4. The van der Waals surface area contributed by atoms with Gasteiger partial charge in [0.25, 0.3) is 6.47 Å². The van der Waals surface area contributed by atoms with Gasteiger partial charge in [-0.1, -0.05) is 5.57 Å². The van der Waals surface area contributed by atoms with Crippen molar-refractivity contribution in [3.05, 3.63) is 108 Å². The van der Waals surface area contributed by atoms with Crippen LogP contribution in [-0.4, -0.2) is 36.0 Å². The fourth-order valence-electron chi connectivity index (χ4n) is 3.03. The second kappa shape index (κ2) is 19.6. The number of hydrogen-bond acceptors (Lipinski definition) is 10. The van der Waals surface area contributed by atoms with Crippen LogP contribution in [0.15, 0.2) is 97.1 Å². The maximum Gasteiger partial charge on any atom is 0.293 e. The highest BCUT2D eigenvalue weighted by Crippen LogP contribution is 2.18. The number of allylic oxidation sites excluding steroid dienone is 1. The van der Waals surface area contributed by atoms with Crippen molar-refractivity contribution in [1.29, 1.82) is 0 Å². The molecule has 0 aliphatic heterocycles. The molecule has 0 saturated heterocycles. The van der Waals surface area contributed by atoms with Gasteiger partial charge in [0.2, 0.25) is 0 Å². The lowest BCUT2D eigenvalue weighted by Crippen LogP contribution is -2.28. The van der Waals surface area contributed by atoms with Crippen LogP contribution >= 0.6 is 0 Å². The molecule has 236 valence electrons. The molecule has 4 aromatic carbocycles. The molecule has 10 N–H and O–H groups in total. The predicted octanol–water partition coefficient (Wildman–Crippen LogP) is 6.00. The average Bonchev–Trinajstić information content (AvgIpc) is 2.97. The zero-order chi connectivity index (χ0) is 33.1. The Hall–Kier alpha value is -5.51. The number of carbonyl (C=O) groups is 1. The second-order valence-corrected chi connectivity index (χ2v) is 9.90. The minimum atomic E-state index is -0.521. The normalized spacial score (nSPS) is 9.57. The molecule has 0 bridgehead atoms. The Morgan fingerprint density at radius 3 is 1.32 bits per heavy atom. The van der Waals surface area contributed by atoms with E-state index in [9.17, 15) is 4.79 Å². The van der Waals surface area contributed by atoms with Gasteiger partial charge in [0, 0.05) is 22.7 Å². The summed E-state index contributed by atoms with van der Waals surface area (Å²) in [4.78, 5) is 10.6. The lowest BCUT2D eigenvalue weighted by Gasteiger charge is -2.17. The van der Waals surface area contributed by atoms with Crippen LogP contribution in [0.25, 0.3) is 0 Å². The van der Waals surface area contributed by atoms with Crippen molar-refractivity contribution in [2.75, 3.05) is 36.1 Å². The molecule has 10 heteroatoms. The Morgan fingerprint density at radius 1 is 0.705 bits per heavy atom. The minimum absolute atomic E-state index is 0.178. The molecule has 0 amide bonds. The first kappa shape index (κ1) is 36.5. The number of aryl methyl sites for hydroxylation is 2. The monoisotopic (exact) mass is 604 g/mol. The molecule has 4 aromatic rings. The van der Waals surface area contributed by atoms with Gasteiger partial charge >= 0.3 is 0 Å². The molecule has 0 spiro atoms. The Labute approximate surface area is 259 Å². The molecule has 0 atom stereocenters. The molecular formula is C34H44N4O6. The first-order chi connectivity index (χ1) is 20.8. The van der Waals surface area contributed by atoms with E-state index < -0.39 is 6.10 Å². The molecule has 0 fully saturated rings. The van der Waals surface area contributed by atoms with Gasteiger partial charge in [0.15, 0.2) is 6.10 Å². The summed E-state index contributed by atoms with van der Waals surface area (Å²) >= 11 is 0. The minimum Gasteiger partial charge on any atom is -0.508 e. The number of hydrogen-bond donors (Lipinski definition) is 6. The van der Waals surface area contributed by atoms with Crippen LogP contribution in [-0.2, 0) is 9.53 Å². The molecular weight excluding hydrogens is 560 g/mol. The van der Waals surface area contributed by atoms with Crippen molar-refractivity contribution in [2.24, 2.45) is 0 Å². The third kappa shape index (κ3) is 16.1. The summed E-state index contributed by atoms with van der Waals surface area (Å²) < 4.78 is 16.0. The van der Waals surface area contributed by atoms with Crippen LogP contribution in [0.2, 0.25) is 0 Å². The van der Waals surface area contributed by atoms with Gasteiger partial charge in [-0.3, -0.25) is 4.79 Å². The third-order valence-electron chi connectivity index (χ3n) is 5.39. The summed E-state index contributed by atoms with van der Waals surface area (Å²) in [6.07, 6.45) is -0.521. The largest absolute Gasteiger partial charge is 0.508 e. The van der Waals surface area contributed by atoms with Crippen LogP contribution in [0.4, 0.5) is 22.7 Å². The van der Waals surface area contributed by atoms with Gasteiger partial charge in [-0.25, -0.2) is 0 Å². The van der Waals surface area contributed by atoms with Crippen LogP contribution < -0.4 is 32.4 Å². The van der Waals surface area contributed by atoms with E-state index in [1.165, 1.54) is 5.57 Å². The number of carbonyl (C=O) groups excluding carboxylic acids is 1. The highest BCUT2D eigenvalue weighted by molar-refractivity contribution is 5.50. The Bertz CT molecular complexity index is 1320. The van der Waals surface area contributed by atoms with Gasteiger partial charge in [0.1, 0.15) is 36.2 Å². The first-order valence-electron chi connectivity index (χ1n) is 13.6. The number of rotatable bonds is 8. The van der Waals surface area contributed by atoms with Crippen molar-refractivity contribution < 1.29 is 29.2 Å². The lowest BCUT2D eigenvalue weighted by atomic mass is 10.2. The van der Waals surface area contributed by atoms with Crippen LogP contribution in [0, 0.1) is 13.8 Å². The molecule has 4 rings (SSSR count). The second-order valence-electron chi connectivity index (χ2n) is 9.90. The summed E-state index contributed by atoms with van der Waals surface area (Å²) in [5, 5.41) is 17.8. The van der Waals surface area contributed by atoms with Crippen molar-refractivity contribution in [3.63, 3.8) is 0 Å². The van der Waals surface area contributed by atoms with Gasteiger partial charge in [0.05, 0.1) is 0 Å². The summed E-state index contributed by atoms with van der Waals surface area (Å²) in [7, 11) is 0. The zero-order valence-corrected chi connectivity index (χ0v) is 25.7. The maximum absolute atomic E-state index is 10.6. The molecule has 0 aliphatic carbocycles. The van der Waals surface area contributed by atoms with Gasteiger partial charge in [-0.15, -0.1) is 6.58 Å². The van der Waals surface area contributed by atoms with E-state index in [0.717, 1.165) is 11.1 Å². The third-order valence-corrected chi connectivity index (χ3v) is 5.39. The molecule has 44 heavy (non-hydrogen) atoms. The molecule has 0 radical (unpaired) electrons. The van der Waals surface area contributed by atoms with Crippen molar-refractivity contribution in [2.45, 2.75) is 33.8 Å². The van der Waals surface area contributed by atoms with E-state index in [0.29, 0.717) is 40.7 Å². The highest BCUT2D eigenvalue weighted by Gasteiger charge is 2.12. The van der Waals surface area contributed by atoms with E-state index >= 15 is 0 Å². The van der Waals surface area contributed by atoms with E-state index in [2.05, 4.69) is 6.58 Å². The topological polar surface area (TPSA) is 189 Å². The van der Waals surface area contributed by atoms with E-state index in [1.807, 2.05) is 27.7 Å². The fourth-order valence-corrected chi connectivity index (χ4v) is 3.03. The fraction of sp³-hybridized carbons (Fsp3) is 0.206. The number of anilines is 4. The van der Waals surface area contributed by atoms with E-state index in [4.69, 9.17) is 47.4 Å². The molecule has 10 nitrogen and oxygen atoms in total.